The summed E-state index contributed by atoms with van der Waals surface area (Å²) in [4.78, 5) is 26.9. The molecule has 0 fully saturated rings. The molecule has 1 aromatic carbocycles. The van der Waals surface area contributed by atoms with E-state index in [4.69, 9.17) is 4.42 Å². The van der Waals surface area contributed by atoms with Gasteiger partial charge in [0.05, 0.1) is 21.7 Å². The molecule has 1 N–H and O–H groups in total. The minimum atomic E-state index is -0.524. The maximum atomic E-state index is 12.4. The number of thiazole rings is 1. The lowest BCUT2D eigenvalue weighted by Gasteiger charge is -1.99. The Kier molecular flexibility index (Phi) is 4.16. The standard InChI is InChI=1S/C17H13N5O4S/c1-10-2-4-13-15(6-10)27-17(19-13)20-16(23)14-5-3-12(26-14)9-21-8-11(7-18-21)22(24)25/h2-8H,9H2,1H3,(H,19,20,23). The summed E-state index contributed by atoms with van der Waals surface area (Å²) in [5, 5.41) is 17.8. The minimum absolute atomic E-state index is 0.106. The Labute approximate surface area is 156 Å². The second-order valence-corrected chi connectivity index (χ2v) is 6.89. The van der Waals surface area contributed by atoms with Crippen LogP contribution in [0.5, 0.6) is 0 Å². The van der Waals surface area contributed by atoms with Gasteiger partial charge in [0.1, 0.15) is 18.2 Å². The first kappa shape index (κ1) is 16.9. The van der Waals surface area contributed by atoms with Crippen molar-refractivity contribution in [2.24, 2.45) is 0 Å². The van der Waals surface area contributed by atoms with Gasteiger partial charge in [-0.1, -0.05) is 17.4 Å². The predicted octanol–water partition coefficient (Wildman–Crippen LogP) is 3.60. The van der Waals surface area contributed by atoms with Gasteiger partial charge in [0, 0.05) is 0 Å². The zero-order valence-electron chi connectivity index (χ0n) is 14.1. The maximum absolute atomic E-state index is 12.4. The van der Waals surface area contributed by atoms with Crippen molar-refractivity contribution in [3.05, 3.63) is 69.9 Å². The third-order valence-corrected chi connectivity index (χ3v) is 4.73. The fourth-order valence-corrected chi connectivity index (χ4v) is 3.48. The van der Waals surface area contributed by atoms with E-state index in [1.807, 2.05) is 25.1 Å². The number of nitro groups is 1. The van der Waals surface area contributed by atoms with E-state index < -0.39 is 10.8 Å². The largest absolute Gasteiger partial charge is 0.454 e. The first-order chi connectivity index (χ1) is 13.0. The van der Waals surface area contributed by atoms with Gasteiger partial charge in [0.2, 0.25) is 0 Å². The number of fused-ring (bicyclic) bond motifs is 1. The van der Waals surface area contributed by atoms with Crippen molar-refractivity contribution in [2.45, 2.75) is 13.5 Å². The third kappa shape index (κ3) is 3.55. The number of furan rings is 1. The van der Waals surface area contributed by atoms with Gasteiger partial charge in [-0.2, -0.15) is 5.10 Å². The Bertz CT molecular complexity index is 1160. The summed E-state index contributed by atoms with van der Waals surface area (Å²) in [6.45, 7) is 2.18. The monoisotopic (exact) mass is 383 g/mol. The fraction of sp³-hybridized carbons (Fsp3) is 0.118. The van der Waals surface area contributed by atoms with E-state index >= 15 is 0 Å². The summed E-state index contributed by atoms with van der Waals surface area (Å²) in [7, 11) is 0. The molecule has 1 amide bonds. The zero-order chi connectivity index (χ0) is 19.0. The highest BCUT2D eigenvalue weighted by Gasteiger charge is 2.15. The van der Waals surface area contributed by atoms with Gasteiger partial charge in [-0.15, -0.1) is 0 Å². The van der Waals surface area contributed by atoms with E-state index in [9.17, 15) is 14.9 Å². The highest BCUT2D eigenvalue weighted by molar-refractivity contribution is 7.22. The normalized spacial score (nSPS) is 11.0. The molecule has 4 aromatic rings. The molecule has 10 heteroatoms. The third-order valence-electron chi connectivity index (χ3n) is 3.80. The van der Waals surface area contributed by atoms with Crippen molar-refractivity contribution >= 4 is 38.3 Å². The summed E-state index contributed by atoms with van der Waals surface area (Å²) < 4.78 is 7.88. The van der Waals surface area contributed by atoms with E-state index in [-0.39, 0.29) is 18.0 Å². The molecule has 0 saturated heterocycles. The van der Waals surface area contributed by atoms with Crippen LogP contribution in [-0.2, 0) is 6.54 Å². The Morgan fingerprint density at radius 3 is 3.00 bits per heavy atom. The van der Waals surface area contributed by atoms with Crippen molar-refractivity contribution in [1.29, 1.82) is 0 Å². The molecule has 136 valence electrons. The van der Waals surface area contributed by atoms with Crippen molar-refractivity contribution in [3.63, 3.8) is 0 Å². The Balaban J connectivity index is 1.46. The second-order valence-electron chi connectivity index (χ2n) is 5.86. The zero-order valence-corrected chi connectivity index (χ0v) is 14.9. The van der Waals surface area contributed by atoms with Gasteiger partial charge < -0.3 is 4.42 Å². The Morgan fingerprint density at radius 1 is 1.37 bits per heavy atom. The summed E-state index contributed by atoms with van der Waals surface area (Å²) in [6.07, 6.45) is 2.46. The van der Waals surface area contributed by atoms with E-state index in [1.165, 1.54) is 22.2 Å². The van der Waals surface area contributed by atoms with E-state index in [1.54, 1.807) is 12.1 Å². The molecule has 0 aliphatic carbocycles. The van der Waals surface area contributed by atoms with Crippen LogP contribution in [0, 0.1) is 17.0 Å². The number of rotatable bonds is 5. The lowest BCUT2D eigenvalue weighted by atomic mass is 10.2. The number of hydrogen-bond acceptors (Lipinski definition) is 7. The number of aryl methyl sites for hydroxylation is 1. The van der Waals surface area contributed by atoms with Crippen LogP contribution >= 0.6 is 11.3 Å². The van der Waals surface area contributed by atoms with Crippen LogP contribution < -0.4 is 5.32 Å². The van der Waals surface area contributed by atoms with Crippen LogP contribution in [0.25, 0.3) is 10.2 Å². The number of anilines is 1. The molecule has 0 saturated carbocycles. The van der Waals surface area contributed by atoms with Gasteiger partial charge >= 0.3 is 5.69 Å². The quantitative estimate of drug-likeness (QED) is 0.416. The lowest BCUT2D eigenvalue weighted by Crippen LogP contribution is -2.10. The van der Waals surface area contributed by atoms with Crippen LogP contribution in [0.1, 0.15) is 21.9 Å². The van der Waals surface area contributed by atoms with E-state index in [2.05, 4.69) is 15.4 Å². The molecule has 9 nitrogen and oxygen atoms in total. The number of nitrogens with zero attached hydrogens (tertiary/aromatic N) is 4. The average molecular weight is 383 g/mol. The SMILES string of the molecule is Cc1ccc2nc(NC(=O)c3ccc(Cn4cc([N+](=O)[O-])cn4)o3)sc2c1. The summed E-state index contributed by atoms with van der Waals surface area (Å²) in [5.74, 6) is 0.170. The number of carbonyl (C=O) groups excluding carboxylic acids is 1. The number of amides is 1. The number of aromatic nitrogens is 3. The number of nitrogens with one attached hydrogen (secondary N) is 1. The van der Waals surface area contributed by atoms with Crippen LogP contribution in [0.2, 0.25) is 0 Å². The van der Waals surface area contributed by atoms with Crippen molar-refractivity contribution < 1.29 is 14.1 Å². The molecular formula is C17H13N5O4S. The van der Waals surface area contributed by atoms with Gasteiger partial charge in [0.25, 0.3) is 5.91 Å². The highest BCUT2D eigenvalue weighted by Crippen LogP contribution is 2.27. The smallest absolute Gasteiger partial charge is 0.307 e. The number of hydrogen-bond donors (Lipinski definition) is 1. The molecule has 0 bridgehead atoms. The van der Waals surface area contributed by atoms with Gasteiger partial charge in [-0.05, 0) is 36.8 Å². The van der Waals surface area contributed by atoms with Crippen LogP contribution in [0.3, 0.4) is 0 Å². The van der Waals surface area contributed by atoms with Crippen molar-refractivity contribution in [3.8, 4) is 0 Å². The second kappa shape index (κ2) is 6.65. The highest BCUT2D eigenvalue weighted by atomic mass is 32.1. The molecule has 0 spiro atoms. The van der Waals surface area contributed by atoms with E-state index in [0.717, 1.165) is 22.0 Å². The fourth-order valence-electron chi connectivity index (χ4n) is 2.52. The van der Waals surface area contributed by atoms with Crippen molar-refractivity contribution in [2.75, 3.05) is 5.32 Å². The molecule has 3 aromatic heterocycles. The molecule has 4 rings (SSSR count). The van der Waals surface area contributed by atoms with Gasteiger partial charge in [-0.25, -0.2) is 4.98 Å². The molecule has 3 heterocycles. The molecule has 0 aliphatic rings. The number of carbonyl (C=O) groups is 1. The topological polar surface area (TPSA) is 116 Å². The van der Waals surface area contributed by atoms with Gasteiger partial charge in [-0.3, -0.25) is 24.9 Å². The summed E-state index contributed by atoms with van der Waals surface area (Å²) in [6, 6.07) is 9.05. The average Bonchev–Trinajstić information content (AvgIpc) is 3.34. The Morgan fingerprint density at radius 2 is 2.22 bits per heavy atom. The molecule has 0 aliphatic heterocycles. The number of benzene rings is 1. The van der Waals surface area contributed by atoms with Crippen LogP contribution in [0.15, 0.2) is 47.1 Å². The maximum Gasteiger partial charge on any atom is 0.307 e. The summed E-state index contributed by atoms with van der Waals surface area (Å²) in [5.41, 5.74) is 1.84. The molecule has 27 heavy (non-hydrogen) atoms. The van der Waals surface area contributed by atoms with E-state index in [0.29, 0.717) is 10.9 Å². The first-order valence-electron chi connectivity index (χ1n) is 7.92. The molecule has 0 atom stereocenters. The molecule has 0 unspecified atom stereocenters. The van der Waals surface area contributed by atoms with Crippen molar-refractivity contribution in [1.82, 2.24) is 14.8 Å². The first-order valence-corrected chi connectivity index (χ1v) is 8.74. The molecule has 0 radical (unpaired) electrons. The Hall–Kier alpha value is -3.53. The van der Waals surface area contributed by atoms with Crippen LogP contribution in [0.4, 0.5) is 10.8 Å². The predicted molar refractivity (Wildman–Crippen MR) is 99.0 cm³/mol. The summed E-state index contributed by atoms with van der Waals surface area (Å²) >= 11 is 1.39. The van der Waals surface area contributed by atoms with Crippen LogP contribution in [-0.4, -0.2) is 25.6 Å². The van der Waals surface area contributed by atoms with Gasteiger partial charge in [0.15, 0.2) is 10.9 Å². The lowest BCUT2D eigenvalue weighted by molar-refractivity contribution is -0.385. The molecular weight excluding hydrogens is 370 g/mol. The minimum Gasteiger partial charge on any atom is -0.454 e.